The van der Waals surface area contributed by atoms with Gasteiger partial charge in [-0.3, -0.25) is 24.4 Å². The highest BCUT2D eigenvalue weighted by Gasteiger charge is 2.39. The molecule has 0 spiro atoms. The quantitative estimate of drug-likeness (QED) is 0.606. The number of piperidine rings is 1. The molecule has 2 aliphatic heterocycles. The fourth-order valence-corrected chi connectivity index (χ4v) is 4.66. The van der Waals surface area contributed by atoms with E-state index in [4.69, 9.17) is 0 Å². The first-order valence-corrected chi connectivity index (χ1v) is 11.1. The molecule has 5 rings (SSSR count). The van der Waals surface area contributed by atoms with Crippen molar-refractivity contribution in [2.45, 2.75) is 45.8 Å². The third-order valence-electron chi connectivity index (χ3n) is 6.19. The average molecular weight is 447 g/mol. The number of nitrogens with zero attached hydrogens (tertiary/aromatic N) is 5. The minimum absolute atomic E-state index is 0.178. The Morgan fingerprint density at radius 2 is 2.00 bits per heavy atom. The van der Waals surface area contributed by atoms with Crippen molar-refractivity contribution in [1.29, 1.82) is 0 Å². The second-order valence-electron chi connectivity index (χ2n) is 9.17. The van der Waals surface area contributed by atoms with E-state index < -0.39 is 11.9 Å². The highest BCUT2D eigenvalue weighted by atomic mass is 16.2. The predicted molar refractivity (Wildman–Crippen MR) is 121 cm³/mol. The van der Waals surface area contributed by atoms with Gasteiger partial charge in [-0.05, 0) is 30.0 Å². The number of aromatic nitrogens is 4. The molecule has 4 heterocycles. The largest absolute Gasteiger partial charge is 0.333 e. The topological polar surface area (TPSA) is 102 Å². The summed E-state index contributed by atoms with van der Waals surface area (Å²) >= 11 is 0. The highest BCUT2D eigenvalue weighted by Crippen LogP contribution is 2.34. The lowest BCUT2D eigenvalue weighted by Gasteiger charge is -2.29. The summed E-state index contributed by atoms with van der Waals surface area (Å²) in [5.74, 6) is -0.382. The van der Waals surface area contributed by atoms with Crippen LogP contribution in [0.1, 0.15) is 42.6 Å². The van der Waals surface area contributed by atoms with Crippen molar-refractivity contribution in [3.05, 3.63) is 48.0 Å². The Kier molecular flexibility index (Phi) is 5.11. The van der Waals surface area contributed by atoms with Gasteiger partial charge in [0.05, 0.1) is 23.9 Å². The molecule has 3 aromatic rings. The van der Waals surface area contributed by atoms with Crippen LogP contribution in [0.4, 0.5) is 0 Å². The van der Waals surface area contributed by atoms with Crippen molar-refractivity contribution >= 4 is 17.7 Å². The van der Waals surface area contributed by atoms with E-state index in [9.17, 15) is 14.4 Å². The zero-order chi connectivity index (χ0) is 23.3. The summed E-state index contributed by atoms with van der Waals surface area (Å²) < 4.78 is 3.91. The molecule has 1 N–H and O–H groups in total. The number of aryl methyl sites for hydroxylation is 1. The Bertz CT molecular complexity index is 1270. The predicted octanol–water partition coefficient (Wildman–Crippen LogP) is 2.37. The molecule has 1 atom stereocenters. The van der Waals surface area contributed by atoms with Crippen LogP contribution in [0.5, 0.6) is 0 Å². The minimum Gasteiger partial charge on any atom is -0.333 e. The Morgan fingerprint density at radius 3 is 2.76 bits per heavy atom. The molecule has 0 bridgehead atoms. The average Bonchev–Trinajstić information content (AvgIpc) is 3.45. The maximum atomic E-state index is 13.0. The number of imidazole rings is 1. The maximum Gasteiger partial charge on any atom is 0.255 e. The van der Waals surface area contributed by atoms with E-state index in [2.05, 4.69) is 29.2 Å². The standard InChI is InChI=1S/C24H26N6O3/c1-14(2)10-29-11-17(9-26-29)22-21(25-13-28(22)3)15-4-5-18-16(8-15)12-30(24(18)33)19-6-7-20(31)27-23(19)32/h4-5,8-9,11,13-14,19H,6-7,10,12H2,1-3H3,(H,27,31,32)/t19-/m0/s1. The van der Waals surface area contributed by atoms with Gasteiger partial charge in [0.2, 0.25) is 11.8 Å². The number of rotatable bonds is 5. The van der Waals surface area contributed by atoms with Crippen molar-refractivity contribution in [1.82, 2.24) is 29.5 Å². The number of benzene rings is 1. The summed E-state index contributed by atoms with van der Waals surface area (Å²) in [5, 5.41) is 6.83. The van der Waals surface area contributed by atoms with E-state index in [1.54, 1.807) is 17.3 Å². The van der Waals surface area contributed by atoms with Gasteiger partial charge in [0, 0.05) is 49.4 Å². The normalized spacial score (nSPS) is 18.2. The van der Waals surface area contributed by atoms with Crippen LogP contribution in [0.2, 0.25) is 0 Å². The number of nitrogens with one attached hydrogen (secondary N) is 1. The molecule has 1 saturated heterocycles. The molecule has 0 unspecified atom stereocenters. The zero-order valence-corrected chi connectivity index (χ0v) is 18.9. The minimum atomic E-state index is -0.622. The van der Waals surface area contributed by atoms with Gasteiger partial charge in [0.25, 0.3) is 5.91 Å². The van der Waals surface area contributed by atoms with E-state index in [1.807, 2.05) is 40.8 Å². The molecule has 33 heavy (non-hydrogen) atoms. The van der Waals surface area contributed by atoms with Crippen LogP contribution < -0.4 is 5.32 Å². The first-order valence-electron chi connectivity index (χ1n) is 11.1. The van der Waals surface area contributed by atoms with Gasteiger partial charge < -0.3 is 9.47 Å². The van der Waals surface area contributed by atoms with Gasteiger partial charge in [-0.15, -0.1) is 0 Å². The lowest BCUT2D eigenvalue weighted by Crippen LogP contribution is -2.52. The fourth-order valence-electron chi connectivity index (χ4n) is 4.66. The summed E-state index contributed by atoms with van der Waals surface area (Å²) in [7, 11) is 1.95. The molecule has 170 valence electrons. The Balaban J connectivity index is 1.45. The highest BCUT2D eigenvalue weighted by molar-refractivity contribution is 6.05. The zero-order valence-electron chi connectivity index (χ0n) is 18.9. The number of carbonyl (C=O) groups is 3. The van der Waals surface area contributed by atoms with Crippen molar-refractivity contribution in [2.24, 2.45) is 13.0 Å². The number of fused-ring (bicyclic) bond motifs is 1. The third-order valence-corrected chi connectivity index (χ3v) is 6.19. The summed E-state index contributed by atoms with van der Waals surface area (Å²) in [6.45, 7) is 5.48. The van der Waals surface area contributed by atoms with Crippen LogP contribution in [0.25, 0.3) is 22.5 Å². The van der Waals surface area contributed by atoms with E-state index >= 15 is 0 Å². The summed E-state index contributed by atoms with van der Waals surface area (Å²) in [6.07, 6.45) is 6.25. The van der Waals surface area contributed by atoms with Crippen LogP contribution in [-0.4, -0.2) is 48.0 Å². The molecule has 0 aliphatic carbocycles. The SMILES string of the molecule is CC(C)Cn1cc(-c2c(-c3ccc4c(c3)CN([C@H]3CCC(=O)NC3=O)C4=O)ncn2C)cn1. The monoisotopic (exact) mass is 446 g/mol. The Labute approximate surface area is 191 Å². The maximum absolute atomic E-state index is 13.0. The van der Waals surface area contributed by atoms with E-state index in [1.165, 1.54) is 0 Å². The molecule has 1 fully saturated rings. The van der Waals surface area contributed by atoms with Gasteiger partial charge in [0.1, 0.15) is 6.04 Å². The molecular formula is C24H26N6O3. The van der Waals surface area contributed by atoms with Gasteiger partial charge in [0.15, 0.2) is 0 Å². The van der Waals surface area contributed by atoms with Crippen LogP contribution >= 0.6 is 0 Å². The van der Waals surface area contributed by atoms with E-state index in [-0.39, 0.29) is 18.2 Å². The number of imide groups is 1. The fraction of sp³-hybridized carbons (Fsp3) is 0.375. The molecule has 2 aromatic heterocycles. The summed E-state index contributed by atoms with van der Waals surface area (Å²) in [6, 6.07) is 5.06. The van der Waals surface area contributed by atoms with Gasteiger partial charge in [-0.25, -0.2) is 4.98 Å². The van der Waals surface area contributed by atoms with Crippen molar-refractivity contribution in [3.63, 3.8) is 0 Å². The number of carbonyl (C=O) groups excluding carboxylic acids is 3. The van der Waals surface area contributed by atoms with Gasteiger partial charge in [-0.1, -0.05) is 19.9 Å². The molecule has 9 heteroatoms. The lowest BCUT2D eigenvalue weighted by molar-refractivity contribution is -0.136. The van der Waals surface area contributed by atoms with Crippen molar-refractivity contribution in [3.8, 4) is 22.5 Å². The molecule has 0 saturated carbocycles. The molecule has 2 aliphatic rings. The molecule has 0 radical (unpaired) electrons. The van der Waals surface area contributed by atoms with Crippen LogP contribution in [-0.2, 0) is 29.7 Å². The smallest absolute Gasteiger partial charge is 0.255 e. The second-order valence-corrected chi connectivity index (χ2v) is 9.17. The van der Waals surface area contributed by atoms with E-state index in [0.717, 1.165) is 34.6 Å². The molecule has 9 nitrogen and oxygen atoms in total. The first-order chi connectivity index (χ1) is 15.8. The third kappa shape index (κ3) is 3.73. The van der Waals surface area contributed by atoms with Crippen LogP contribution in [0.3, 0.4) is 0 Å². The van der Waals surface area contributed by atoms with Gasteiger partial charge in [-0.2, -0.15) is 5.10 Å². The first kappa shape index (κ1) is 21.1. The summed E-state index contributed by atoms with van der Waals surface area (Å²) in [4.78, 5) is 43.0. The lowest BCUT2D eigenvalue weighted by atomic mass is 10.0. The van der Waals surface area contributed by atoms with Crippen molar-refractivity contribution < 1.29 is 14.4 Å². The number of hydrogen-bond acceptors (Lipinski definition) is 5. The van der Waals surface area contributed by atoms with E-state index in [0.29, 0.717) is 24.4 Å². The Morgan fingerprint density at radius 1 is 1.18 bits per heavy atom. The van der Waals surface area contributed by atoms with Crippen LogP contribution in [0, 0.1) is 5.92 Å². The Hall–Kier alpha value is -3.75. The molecular weight excluding hydrogens is 420 g/mol. The summed E-state index contributed by atoms with van der Waals surface area (Å²) in [5.41, 5.74) is 5.10. The second kappa shape index (κ2) is 7.99. The van der Waals surface area contributed by atoms with Gasteiger partial charge >= 0.3 is 0 Å². The molecule has 1 aromatic carbocycles. The van der Waals surface area contributed by atoms with Crippen LogP contribution in [0.15, 0.2) is 36.9 Å². The van der Waals surface area contributed by atoms with Crippen molar-refractivity contribution in [2.75, 3.05) is 0 Å². The molecule has 3 amide bonds. The number of hydrogen-bond donors (Lipinski definition) is 1. The number of amides is 3.